The predicted molar refractivity (Wildman–Crippen MR) is 139 cm³/mol. The molecule has 0 aromatic heterocycles. The maximum atomic E-state index is 10.9. The van der Waals surface area contributed by atoms with Crippen LogP contribution in [0, 0.1) is 0 Å². The second kappa shape index (κ2) is 17.5. The summed E-state index contributed by atoms with van der Waals surface area (Å²) in [6.45, 7) is 5.77. The Morgan fingerprint density at radius 3 is 1.71 bits per heavy atom. The molecule has 6 nitrogen and oxygen atoms in total. The summed E-state index contributed by atoms with van der Waals surface area (Å²) in [6.07, 6.45) is 14.5. The van der Waals surface area contributed by atoms with Crippen LogP contribution in [0.4, 0.5) is 11.4 Å². The molecule has 192 valence electrons. The molecule has 0 bridgehead atoms. The topological polar surface area (TPSA) is 83.3 Å². The Bertz CT molecular complexity index is 881. The van der Waals surface area contributed by atoms with Crippen LogP contribution in [-0.4, -0.2) is 19.2 Å². The number of carbonyl (C=O) groups is 1. The third kappa shape index (κ3) is 11.9. The normalized spacial score (nSPS) is 11.1. The number of hydrogen-bond acceptors (Lipinski definition) is 6. The quantitative estimate of drug-likeness (QED) is 0.151. The summed E-state index contributed by atoms with van der Waals surface area (Å²) in [5, 5.41) is 19.4. The van der Waals surface area contributed by atoms with Gasteiger partial charge in [-0.15, -0.1) is 0 Å². The first-order valence-electron chi connectivity index (χ1n) is 13.3. The van der Waals surface area contributed by atoms with Gasteiger partial charge in [-0.25, -0.2) is 0 Å². The van der Waals surface area contributed by atoms with Crippen LogP contribution in [0.2, 0.25) is 0 Å². The van der Waals surface area contributed by atoms with E-state index in [0.29, 0.717) is 30.3 Å². The van der Waals surface area contributed by atoms with Gasteiger partial charge in [-0.3, -0.25) is 0 Å². The minimum atomic E-state index is -1.21. The van der Waals surface area contributed by atoms with Crippen LogP contribution in [0.1, 0.15) is 101 Å². The van der Waals surface area contributed by atoms with Gasteiger partial charge in [0.2, 0.25) is 0 Å². The molecule has 2 aromatic carbocycles. The molecule has 0 amide bonds. The highest BCUT2D eigenvalue weighted by Gasteiger charge is 2.08. The number of nitrogens with zero attached hydrogens (tertiary/aromatic N) is 2. The molecular weight excluding hydrogens is 440 g/mol. The highest BCUT2D eigenvalue weighted by Crippen LogP contribution is 2.33. The summed E-state index contributed by atoms with van der Waals surface area (Å²) in [5.74, 6) is 0.215. The minimum Gasteiger partial charge on any atom is -0.545 e. The van der Waals surface area contributed by atoms with E-state index in [4.69, 9.17) is 9.47 Å². The fourth-order valence-corrected chi connectivity index (χ4v) is 3.70. The second-order valence-electron chi connectivity index (χ2n) is 8.90. The van der Waals surface area contributed by atoms with Crippen LogP contribution < -0.4 is 14.6 Å². The van der Waals surface area contributed by atoms with Gasteiger partial charge in [0.15, 0.2) is 11.5 Å². The van der Waals surface area contributed by atoms with Gasteiger partial charge >= 0.3 is 0 Å². The molecule has 0 heterocycles. The molecule has 2 rings (SSSR count). The second-order valence-corrected chi connectivity index (χ2v) is 8.90. The molecule has 0 saturated heterocycles. The average molecular weight is 482 g/mol. The fraction of sp³-hybridized carbons (Fsp3) is 0.552. The van der Waals surface area contributed by atoms with Crippen molar-refractivity contribution in [2.75, 3.05) is 13.2 Å². The van der Waals surface area contributed by atoms with Gasteiger partial charge in [0.25, 0.3) is 0 Å². The molecule has 0 aliphatic carbocycles. The summed E-state index contributed by atoms with van der Waals surface area (Å²) in [4.78, 5) is 10.9. The zero-order valence-corrected chi connectivity index (χ0v) is 21.5. The van der Waals surface area contributed by atoms with Crippen molar-refractivity contribution in [3.05, 3.63) is 48.0 Å². The van der Waals surface area contributed by atoms with E-state index < -0.39 is 5.97 Å². The molecule has 0 aliphatic rings. The lowest BCUT2D eigenvalue weighted by Gasteiger charge is -2.13. The van der Waals surface area contributed by atoms with Gasteiger partial charge in [-0.05, 0) is 42.7 Å². The molecule has 35 heavy (non-hydrogen) atoms. The maximum absolute atomic E-state index is 10.9. The third-order valence-corrected chi connectivity index (χ3v) is 5.82. The molecule has 0 aliphatic heterocycles. The van der Waals surface area contributed by atoms with Crippen LogP contribution in [0.5, 0.6) is 11.5 Å². The SMILES string of the molecule is CCCCCCCCOc1ccc(N=Nc2ccc(C(=O)[O-])cc2)cc1OCCCCCCCC. The number of rotatable bonds is 19. The lowest BCUT2D eigenvalue weighted by molar-refractivity contribution is -0.255. The molecule has 0 unspecified atom stereocenters. The van der Waals surface area contributed by atoms with E-state index in [1.165, 1.54) is 69.9 Å². The van der Waals surface area contributed by atoms with Gasteiger partial charge in [0.1, 0.15) is 0 Å². The van der Waals surface area contributed by atoms with Gasteiger partial charge in [-0.1, -0.05) is 90.2 Å². The van der Waals surface area contributed by atoms with E-state index in [1.807, 2.05) is 18.2 Å². The number of unbranched alkanes of at least 4 members (excludes halogenated alkanes) is 10. The average Bonchev–Trinajstić information content (AvgIpc) is 2.87. The van der Waals surface area contributed by atoms with E-state index in [9.17, 15) is 9.90 Å². The lowest BCUT2D eigenvalue weighted by atomic mass is 10.1. The van der Waals surface area contributed by atoms with Crippen molar-refractivity contribution in [2.45, 2.75) is 90.9 Å². The molecule has 6 heteroatoms. The van der Waals surface area contributed by atoms with Crippen molar-refractivity contribution in [1.29, 1.82) is 0 Å². The third-order valence-electron chi connectivity index (χ3n) is 5.82. The van der Waals surface area contributed by atoms with Crippen LogP contribution in [-0.2, 0) is 0 Å². The van der Waals surface area contributed by atoms with Crippen molar-refractivity contribution in [3.63, 3.8) is 0 Å². The Hall–Kier alpha value is -2.89. The van der Waals surface area contributed by atoms with Gasteiger partial charge in [-0.2, -0.15) is 10.2 Å². The Kier molecular flexibility index (Phi) is 14.2. The first kappa shape index (κ1) is 28.3. The Labute approximate surface area is 210 Å². The molecule has 0 N–H and O–H groups in total. The number of ether oxygens (including phenoxy) is 2. The molecule has 0 atom stereocenters. The largest absolute Gasteiger partial charge is 0.545 e. The number of carboxylic acids is 1. The van der Waals surface area contributed by atoms with Crippen LogP contribution in [0.15, 0.2) is 52.7 Å². The highest BCUT2D eigenvalue weighted by molar-refractivity contribution is 5.86. The first-order valence-corrected chi connectivity index (χ1v) is 13.3. The smallest absolute Gasteiger partial charge is 0.163 e. The number of carboxylic acid groups (broad SMARTS) is 1. The van der Waals surface area contributed by atoms with E-state index in [0.717, 1.165) is 25.0 Å². The lowest BCUT2D eigenvalue weighted by Crippen LogP contribution is -2.21. The molecule has 0 saturated carbocycles. The zero-order chi connectivity index (χ0) is 25.1. The van der Waals surface area contributed by atoms with Crippen molar-refractivity contribution in [3.8, 4) is 11.5 Å². The maximum Gasteiger partial charge on any atom is 0.163 e. The van der Waals surface area contributed by atoms with E-state index >= 15 is 0 Å². The minimum absolute atomic E-state index is 0.112. The van der Waals surface area contributed by atoms with E-state index in [-0.39, 0.29) is 5.56 Å². The van der Waals surface area contributed by atoms with Crippen molar-refractivity contribution in [2.24, 2.45) is 10.2 Å². The van der Waals surface area contributed by atoms with E-state index in [1.54, 1.807) is 12.1 Å². The van der Waals surface area contributed by atoms with Crippen molar-refractivity contribution in [1.82, 2.24) is 0 Å². The summed E-state index contributed by atoms with van der Waals surface area (Å²) < 4.78 is 12.1. The molecule has 0 fully saturated rings. The number of azo groups is 1. The first-order chi connectivity index (χ1) is 17.1. The Morgan fingerprint density at radius 1 is 0.657 bits per heavy atom. The Balaban J connectivity index is 1.96. The monoisotopic (exact) mass is 481 g/mol. The highest BCUT2D eigenvalue weighted by atomic mass is 16.5. The summed E-state index contributed by atoms with van der Waals surface area (Å²) >= 11 is 0. The van der Waals surface area contributed by atoms with Crippen molar-refractivity contribution >= 4 is 17.3 Å². The Morgan fingerprint density at radius 2 is 1.14 bits per heavy atom. The van der Waals surface area contributed by atoms with Crippen LogP contribution in [0.25, 0.3) is 0 Å². The number of benzene rings is 2. The van der Waals surface area contributed by atoms with Gasteiger partial charge < -0.3 is 19.4 Å². The zero-order valence-electron chi connectivity index (χ0n) is 21.5. The van der Waals surface area contributed by atoms with E-state index in [2.05, 4.69) is 24.1 Å². The van der Waals surface area contributed by atoms with Crippen LogP contribution >= 0.6 is 0 Å². The molecule has 0 radical (unpaired) electrons. The number of aromatic carboxylic acids is 1. The summed E-state index contributed by atoms with van der Waals surface area (Å²) in [7, 11) is 0. The van der Waals surface area contributed by atoms with Crippen LogP contribution in [0.3, 0.4) is 0 Å². The number of carbonyl (C=O) groups excluding carboxylic acids is 1. The predicted octanol–water partition coefficient (Wildman–Crippen LogP) is 7.94. The number of hydrogen-bond donors (Lipinski definition) is 0. The fourth-order valence-electron chi connectivity index (χ4n) is 3.70. The standard InChI is InChI=1S/C29H42N2O4/c1-3-5-7-9-11-13-21-34-27-20-19-26(23-28(27)35-22-14-12-10-8-6-4-2)31-30-25-17-15-24(16-18-25)29(32)33/h15-20,23H,3-14,21-22H2,1-2H3,(H,32,33)/p-1. The van der Waals surface area contributed by atoms with Gasteiger partial charge in [0, 0.05) is 6.07 Å². The molecule has 2 aromatic rings. The van der Waals surface area contributed by atoms with Gasteiger partial charge in [0.05, 0.1) is 30.6 Å². The molecule has 0 spiro atoms. The summed E-state index contributed by atoms with van der Waals surface area (Å²) in [6, 6.07) is 11.7. The summed E-state index contributed by atoms with van der Waals surface area (Å²) in [5.41, 5.74) is 1.33. The molecular formula is C29H41N2O4-. The van der Waals surface area contributed by atoms with Crippen molar-refractivity contribution < 1.29 is 19.4 Å².